The Morgan fingerprint density at radius 3 is 2.24 bits per heavy atom. The van der Waals surface area contributed by atoms with Gasteiger partial charge in [-0.05, 0) is 49.2 Å². The van der Waals surface area contributed by atoms with Crippen molar-refractivity contribution in [3.63, 3.8) is 0 Å². The molecule has 3 rings (SSSR count). The topological polar surface area (TPSA) is 117 Å². The number of amides is 1. The number of nitro benzene ring substituents is 1. The highest BCUT2D eigenvalue weighted by Crippen LogP contribution is 2.39. The van der Waals surface area contributed by atoms with Gasteiger partial charge in [0.2, 0.25) is 5.78 Å². The number of quaternary nitrogens is 1. The van der Waals surface area contributed by atoms with Gasteiger partial charge in [0.15, 0.2) is 0 Å². The Balaban J connectivity index is 2.05. The number of hydrogen-bond donors (Lipinski definition) is 1. The molecule has 0 saturated carbocycles. The molecule has 34 heavy (non-hydrogen) atoms. The van der Waals surface area contributed by atoms with Crippen molar-refractivity contribution in [2.75, 3.05) is 27.2 Å². The summed E-state index contributed by atoms with van der Waals surface area (Å²) >= 11 is 0. The average Bonchev–Trinajstić information content (AvgIpc) is 3.03. The van der Waals surface area contributed by atoms with E-state index >= 15 is 0 Å². The Labute approximate surface area is 198 Å². The number of nitrogens with zero attached hydrogens (tertiary/aromatic N) is 2. The van der Waals surface area contributed by atoms with Crippen molar-refractivity contribution in [1.82, 2.24) is 4.90 Å². The van der Waals surface area contributed by atoms with Crippen LogP contribution in [0.4, 0.5) is 5.69 Å². The summed E-state index contributed by atoms with van der Waals surface area (Å²) < 4.78 is 5.61. The minimum Gasteiger partial charge on any atom is -0.872 e. The molecule has 9 nitrogen and oxygen atoms in total. The first-order valence-electron chi connectivity index (χ1n) is 11.2. The zero-order valence-corrected chi connectivity index (χ0v) is 19.7. The summed E-state index contributed by atoms with van der Waals surface area (Å²) in [6.07, 6.45) is 0.599. The number of benzene rings is 2. The number of ether oxygens (including phenoxy) is 1. The van der Waals surface area contributed by atoms with Crippen LogP contribution in [0.25, 0.3) is 5.76 Å². The van der Waals surface area contributed by atoms with Gasteiger partial charge in [-0.15, -0.1) is 0 Å². The van der Waals surface area contributed by atoms with Gasteiger partial charge < -0.3 is 19.6 Å². The molecule has 1 amide bonds. The normalized spacial score (nSPS) is 17.6. The lowest BCUT2D eigenvalue weighted by Gasteiger charge is -2.27. The molecular weight excluding hydrogens is 438 g/mol. The molecule has 1 aliphatic heterocycles. The van der Waals surface area contributed by atoms with Crippen LogP contribution in [0.5, 0.6) is 5.75 Å². The maximum absolute atomic E-state index is 13.4. The SMILES string of the molecule is CC(C)Oc1ccc(C([O-])=C2C(=O)C(=O)N(CCC[NH+](C)C)C2c2ccc([N+](=O)[O-])cc2)cc1. The summed E-state index contributed by atoms with van der Waals surface area (Å²) in [6.45, 7) is 4.83. The Kier molecular flexibility index (Phi) is 7.68. The predicted molar refractivity (Wildman–Crippen MR) is 124 cm³/mol. The molecule has 9 heteroatoms. The van der Waals surface area contributed by atoms with Crippen LogP contribution in [-0.2, 0) is 9.59 Å². The van der Waals surface area contributed by atoms with Crippen LogP contribution in [0.1, 0.15) is 37.4 Å². The molecule has 180 valence electrons. The molecule has 1 saturated heterocycles. The third-order valence-electron chi connectivity index (χ3n) is 5.51. The second-order valence-corrected chi connectivity index (χ2v) is 8.82. The lowest BCUT2D eigenvalue weighted by Crippen LogP contribution is -3.05. The Morgan fingerprint density at radius 1 is 1.09 bits per heavy atom. The van der Waals surface area contributed by atoms with Gasteiger partial charge in [0.25, 0.3) is 11.6 Å². The van der Waals surface area contributed by atoms with Crippen molar-refractivity contribution in [3.8, 4) is 5.75 Å². The molecule has 1 atom stereocenters. The van der Waals surface area contributed by atoms with Gasteiger partial charge in [0.05, 0.1) is 37.7 Å². The molecule has 1 unspecified atom stereocenters. The molecule has 0 radical (unpaired) electrons. The highest BCUT2D eigenvalue weighted by atomic mass is 16.6. The average molecular weight is 468 g/mol. The molecule has 1 heterocycles. The number of Topliss-reactive ketones (excluding diaryl/α,β-unsaturated/α-hetero) is 1. The van der Waals surface area contributed by atoms with E-state index in [2.05, 4.69) is 0 Å². The first-order chi connectivity index (χ1) is 16.1. The summed E-state index contributed by atoms with van der Waals surface area (Å²) in [4.78, 5) is 39.1. The molecule has 2 aromatic rings. The van der Waals surface area contributed by atoms with Gasteiger partial charge >= 0.3 is 0 Å². The molecule has 2 aromatic carbocycles. The zero-order valence-electron chi connectivity index (χ0n) is 19.7. The van der Waals surface area contributed by atoms with Crippen molar-refractivity contribution < 1.29 is 29.3 Å². The van der Waals surface area contributed by atoms with Gasteiger partial charge in [-0.3, -0.25) is 19.7 Å². The second-order valence-electron chi connectivity index (χ2n) is 8.82. The van der Waals surface area contributed by atoms with Gasteiger partial charge in [0, 0.05) is 30.7 Å². The summed E-state index contributed by atoms with van der Waals surface area (Å²) in [5, 5.41) is 24.5. The highest BCUT2D eigenvalue weighted by molar-refractivity contribution is 6.46. The molecule has 0 aromatic heterocycles. The van der Waals surface area contributed by atoms with Crippen molar-refractivity contribution in [3.05, 3.63) is 75.3 Å². The number of ketones is 1. The van der Waals surface area contributed by atoms with Crippen LogP contribution >= 0.6 is 0 Å². The third-order valence-corrected chi connectivity index (χ3v) is 5.51. The second kappa shape index (κ2) is 10.5. The largest absolute Gasteiger partial charge is 0.872 e. The monoisotopic (exact) mass is 467 g/mol. The molecule has 0 aliphatic carbocycles. The number of hydrogen-bond acceptors (Lipinski definition) is 6. The zero-order chi connectivity index (χ0) is 25.0. The molecule has 0 spiro atoms. The first kappa shape index (κ1) is 24.9. The van der Waals surface area contributed by atoms with E-state index in [1.165, 1.54) is 34.1 Å². The number of nitrogens with one attached hydrogen (secondary N) is 1. The lowest BCUT2D eigenvalue weighted by molar-refractivity contribution is -0.858. The fraction of sp³-hybridized carbons (Fsp3) is 0.360. The van der Waals surface area contributed by atoms with Crippen molar-refractivity contribution in [2.24, 2.45) is 0 Å². The van der Waals surface area contributed by atoms with E-state index in [0.29, 0.717) is 17.7 Å². The van der Waals surface area contributed by atoms with Crippen molar-refractivity contribution in [1.29, 1.82) is 0 Å². The number of rotatable bonds is 9. The van der Waals surface area contributed by atoms with Crippen LogP contribution in [0.15, 0.2) is 54.1 Å². The van der Waals surface area contributed by atoms with Crippen LogP contribution in [0.3, 0.4) is 0 Å². The fourth-order valence-electron chi connectivity index (χ4n) is 3.94. The van der Waals surface area contributed by atoms with Crippen molar-refractivity contribution >= 4 is 23.1 Å². The Hall–Kier alpha value is -3.72. The fourth-order valence-corrected chi connectivity index (χ4v) is 3.94. The maximum atomic E-state index is 13.4. The minimum atomic E-state index is -0.906. The van der Waals surface area contributed by atoms with E-state index < -0.39 is 28.4 Å². The van der Waals surface area contributed by atoms with E-state index in [1.807, 2.05) is 27.9 Å². The number of non-ortho nitro benzene ring substituents is 1. The van der Waals surface area contributed by atoms with Crippen LogP contribution in [-0.4, -0.2) is 54.8 Å². The number of nitro groups is 1. The standard InChI is InChI=1S/C25H29N3O6/c1-16(2)34-20-12-8-18(9-13-20)23(29)21-22(17-6-10-19(11-7-17)28(32)33)27(25(31)24(21)30)15-5-14-26(3)4/h6-13,16,22,29H,5,14-15H2,1-4H3. The van der Waals surface area contributed by atoms with Gasteiger partial charge in [0.1, 0.15) is 5.75 Å². The van der Waals surface area contributed by atoms with Crippen LogP contribution in [0, 0.1) is 10.1 Å². The van der Waals surface area contributed by atoms with E-state index in [1.54, 1.807) is 24.3 Å². The van der Waals surface area contributed by atoms with Gasteiger partial charge in [-0.2, -0.15) is 0 Å². The lowest BCUT2D eigenvalue weighted by atomic mass is 9.95. The molecule has 1 N–H and O–H groups in total. The molecule has 1 fully saturated rings. The van der Waals surface area contributed by atoms with Gasteiger partial charge in [-0.25, -0.2) is 0 Å². The smallest absolute Gasteiger partial charge is 0.295 e. The quantitative estimate of drug-likeness (QED) is 0.194. The van der Waals surface area contributed by atoms with Crippen LogP contribution < -0.4 is 14.7 Å². The van der Waals surface area contributed by atoms with E-state index in [-0.39, 0.29) is 29.5 Å². The molecule has 1 aliphatic rings. The number of carbonyl (C=O) groups excluding carboxylic acids is 2. The predicted octanol–water partition coefficient (Wildman–Crippen LogP) is 1.14. The third kappa shape index (κ3) is 5.43. The highest BCUT2D eigenvalue weighted by Gasteiger charge is 2.44. The van der Waals surface area contributed by atoms with Crippen LogP contribution in [0.2, 0.25) is 0 Å². The van der Waals surface area contributed by atoms with Crippen molar-refractivity contribution in [2.45, 2.75) is 32.4 Å². The summed E-state index contributed by atoms with van der Waals surface area (Å²) in [7, 11) is 3.97. The molecule has 0 bridgehead atoms. The Bertz CT molecular complexity index is 1090. The number of likely N-dealkylation sites (tertiary alicyclic amines) is 1. The summed E-state index contributed by atoms with van der Waals surface area (Å²) in [5.74, 6) is -1.53. The summed E-state index contributed by atoms with van der Waals surface area (Å²) in [5.41, 5.74) is 0.480. The Morgan fingerprint density at radius 2 is 1.71 bits per heavy atom. The van der Waals surface area contributed by atoms with E-state index in [4.69, 9.17) is 4.74 Å². The summed E-state index contributed by atoms with van der Waals surface area (Å²) in [6, 6.07) is 11.1. The maximum Gasteiger partial charge on any atom is 0.295 e. The first-order valence-corrected chi connectivity index (χ1v) is 11.2. The van der Waals surface area contributed by atoms with E-state index in [0.717, 1.165) is 6.54 Å². The molecular formula is C25H29N3O6. The minimum absolute atomic E-state index is 0.0333. The van der Waals surface area contributed by atoms with E-state index in [9.17, 15) is 24.8 Å². The van der Waals surface area contributed by atoms with Gasteiger partial charge in [-0.1, -0.05) is 17.9 Å². The number of carbonyl (C=O) groups is 2.